The van der Waals surface area contributed by atoms with Gasteiger partial charge < -0.3 is 30.1 Å². The molecule has 0 saturated carbocycles. The summed E-state index contributed by atoms with van der Waals surface area (Å²) in [5, 5.41) is 32.7. The molecule has 0 fully saturated rings. The van der Waals surface area contributed by atoms with Crippen molar-refractivity contribution in [1.82, 2.24) is 9.47 Å². The van der Waals surface area contributed by atoms with Crippen LogP contribution in [0.25, 0.3) is 28.3 Å². The largest absolute Gasteiger partial charge is 0.481 e. The van der Waals surface area contributed by atoms with E-state index in [0.717, 1.165) is 0 Å². The van der Waals surface area contributed by atoms with E-state index in [0.29, 0.717) is 39.2 Å². The lowest BCUT2D eigenvalue weighted by Crippen LogP contribution is -2.22. The first-order valence-electron chi connectivity index (χ1n) is 15.0. The van der Waals surface area contributed by atoms with Gasteiger partial charge in [-0.05, 0) is 79.6 Å². The molecule has 0 unspecified atom stereocenters. The molecule has 0 radical (unpaired) electrons. The summed E-state index contributed by atoms with van der Waals surface area (Å²) in [4.78, 5) is 39.1. The normalized spacial score (nSPS) is 12.7. The Hall–Kier alpha value is -5.13. The van der Waals surface area contributed by atoms with Gasteiger partial charge >= 0.3 is 5.97 Å². The average Bonchev–Trinajstić information content (AvgIpc) is 3.36. The van der Waals surface area contributed by atoms with Crippen molar-refractivity contribution in [1.29, 1.82) is 0 Å². The van der Waals surface area contributed by atoms with Crippen molar-refractivity contribution in [2.24, 2.45) is 0 Å². The van der Waals surface area contributed by atoms with Crippen LogP contribution in [0.15, 0.2) is 78.9 Å². The second kappa shape index (κ2) is 15.0. The minimum absolute atomic E-state index is 0.194. The number of carboxylic acids is 1. The number of aliphatic hydroxyl groups is 2. The van der Waals surface area contributed by atoms with Gasteiger partial charge in [0, 0.05) is 54.6 Å². The molecule has 0 bridgehead atoms. The van der Waals surface area contributed by atoms with E-state index in [1.807, 2.05) is 13.8 Å². The topological polar surface area (TPSA) is 132 Å². The summed E-state index contributed by atoms with van der Waals surface area (Å²) >= 11 is 0. The number of benzene rings is 3. The van der Waals surface area contributed by atoms with E-state index in [1.165, 1.54) is 47.4 Å². The summed E-state index contributed by atoms with van der Waals surface area (Å²) in [6.45, 7) is 3.71. The van der Waals surface area contributed by atoms with Crippen LogP contribution in [0.3, 0.4) is 0 Å². The van der Waals surface area contributed by atoms with Crippen LogP contribution >= 0.6 is 0 Å². The number of carbonyl (C=O) groups excluding carboxylic acids is 2. The van der Waals surface area contributed by atoms with Crippen LogP contribution in [0.2, 0.25) is 0 Å². The number of anilines is 1. The number of rotatable bonds is 12. The third kappa shape index (κ3) is 8.37. The van der Waals surface area contributed by atoms with Crippen LogP contribution in [0.5, 0.6) is 0 Å². The van der Waals surface area contributed by atoms with Gasteiger partial charge in [0.25, 0.3) is 11.8 Å². The van der Waals surface area contributed by atoms with E-state index in [4.69, 9.17) is 5.11 Å². The molecule has 3 aromatic carbocycles. The Labute approximate surface area is 271 Å². The highest BCUT2D eigenvalue weighted by molar-refractivity contribution is 6.12. The first-order chi connectivity index (χ1) is 22.3. The number of amides is 2. The predicted octanol–water partition coefficient (Wildman–Crippen LogP) is 6.24. The maximum atomic E-state index is 14.3. The van der Waals surface area contributed by atoms with Crippen molar-refractivity contribution in [3.8, 4) is 22.3 Å². The van der Waals surface area contributed by atoms with E-state index in [1.54, 1.807) is 61.1 Å². The Morgan fingerprint density at radius 2 is 1.38 bits per heavy atom. The summed E-state index contributed by atoms with van der Waals surface area (Å²) in [5.74, 6) is -2.89. The molecule has 0 aliphatic rings. The smallest absolute Gasteiger partial charge is 0.305 e. The van der Waals surface area contributed by atoms with Gasteiger partial charge in [0.05, 0.1) is 18.6 Å². The Bertz CT molecular complexity index is 1760. The van der Waals surface area contributed by atoms with Crippen LogP contribution in [0, 0.1) is 11.6 Å². The van der Waals surface area contributed by atoms with E-state index in [2.05, 4.69) is 5.32 Å². The predicted molar refractivity (Wildman–Crippen MR) is 176 cm³/mol. The number of carbonyl (C=O) groups is 3. The van der Waals surface area contributed by atoms with Crippen molar-refractivity contribution in [3.63, 3.8) is 0 Å². The van der Waals surface area contributed by atoms with Gasteiger partial charge in [-0.15, -0.1) is 0 Å². The van der Waals surface area contributed by atoms with E-state index in [-0.39, 0.29) is 24.1 Å². The number of nitrogens with zero attached hydrogens (tertiary/aromatic N) is 2. The highest BCUT2D eigenvalue weighted by atomic mass is 19.1. The Morgan fingerprint density at radius 1 is 0.851 bits per heavy atom. The molecule has 2 atom stereocenters. The number of carboxylic acid groups (broad SMARTS) is 1. The molecule has 9 nitrogen and oxygen atoms in total. The van der Waals surface area contributed by atoms with Crippen molar-refractivity contribution >= 4 is 29.5 Å². The summed E-state index contributed by atoms with van der Waals surface area (Å²) in [6.07, 6.45) is -0.364. The molecule has 0 aliphatic carbocycles. The van der Waals surface area contributed by atoms with E-state index >= 15 is 0 Å². The highest BCUT2D eigenvalue weighted by Crippen LogP contribution is 2.43. The summed E-state index contributed by atoms with van der Waals surface area (Å²) in [6, 6.07) is 17.3. The molecule has 1 aromatic heterocycles. The lowest BCUT2D eigenvalue weighted by molar-refractivity contribution is -0.139. The standard InChI is InChI=1S/C36H37F2N3O6/c1-21(2)41-30(18-17-28(42)19-29(43)20-31(44)45)32(22-5-11-25(37)12-6-22)33(23-7-13-26(38)14-8-23)34(41)35(46)39-27-15-9-24(10-16-27)36(47)40(3)4/h5-18,21,28-29,42-43H,19-20H2,1-4H3,(H,39,46)(H,44,45)/t28-,29-/m1/s1. The Balaban J connectivity index is 1.93. The molecule has 0 aliphatic heterocycles. The molecule has 2 amide bonds. The van der Waals surface area contributed by atoms with Crippen molar-refractivity contribution < 1.29 is 38.5 Å². The maximum absolute atomic E-state index is 14.3. The second-order valence-corrected chi connectivity index (χ2v) is 11.6. The molecular weight excluding hydrogens is 608 g/mol. The van der Waals surface area contributed by atoms with Gasteiger partial charge in [0.15, 0.2) is 0 Å². The minimum Gasteiger partial charge on any atom is -0.481 e. The highest BCUT2D eigenvalue weighted by Gasteiger charge is 2.30. The SMILES string of the molecule is CC(C)n1c(C=C[C@@H](O)C[C@@H](O)CC(=O)O)c(-c2ccc(F)cc2)c(-c2ccc(F)cc2)c1C(=O)Nc1ccc(C(=O)N(C)C)cc1. The third-order valence-corrected chi connectivity index (χ3v) is 7.44. The second-order valence-electron chi connectivity index (χ2n) is 11.6. The van der Waals surface area contributed by atoms with Gasteiger partial charge in [0.2, 0.25) is 0 Å². The summed E-state index contributed by atoms with van der Waals surface area (Å²) in [5.41, 5.74) is 3.44. The number of nitrogens with one attached hydrogen (secondary N) is 1. The zero-order valence-electron chi connectivity index (χ0n) is 26.4. The zero-order chi connectivity index (χ0) is 34.4. The molecule has 0 saturated heterocycles. The lowest BCUT2D eigenvalue weighted by atomic mass is 9.94. The molecular formula is C36H37F2N3O6. The van der Waals surface area contributed by atoms with Gasteiger partial charge in [0.1, 0.15) is 17.3 Å². The maximum Gasteiger partial charge on any atom is 0.305 e. The number of aromatic nitrogens is 1. The molecule has 4 rings (SSSR count). The van der Waals surface area contributed by atoms with Crippen molar-refractivity contribution in [3.05, 3.63) is 107 Å². The van der Waals surface area contributed by atoms with E-state index in [9.17, 15) is 33.4 Å². The molecule has 246 valence electrons. The molecule has 4 N–H and O–H groups in total. The first kappa shape index (κ1) is 34.7. The van der Waals surface area contributed by atoms with Gasteiger partial charge in [-0.25, -0.2) is 8.78 Å². The van der Waals surface area contributed by atoms with Gasteiger partial charge in [-0.1, -0.05) is 30.3 Å². The van der Waals surface area contributed by atoms with E-state index < -0.39 is 42.1 Å². The number of hydrogen-bond donors (Lipinski definition) is 4. The van der Waals surface area contributed by atoms with Crippen molar-refractivity contribution in [2.45, 2.75) is 44.9 Å². The summed E-state index contributed by atoms with van der Waals surface area (Å²) in [7, 11) is 3.27. The number of aliphatic hydroxyl groups excluding tert-OH is 2. The number of hydrogen-bond acceptors (Lipinski definition) is 5. The fourth-order valence-corrected chi connectivity index (χ4v) is 5.33. The Morgan fingerprint density at radius 3 is 1.87 bits per heavy atom. The van der Waals surface area contributed by atoms with Crippen LogP contribution in [0.4, 0.5) is 14.5 Å². The molecule has 4 aromatic rings. The molecule has 47 heavy (non-hydrogen) atoms. The lowest BCUT2D eigenvalue weighted by Gasteiger charge is -2.17. The van der Waals surface area contributed by atoms with Crippen LogP contribution in [-0.4, -0.2) is 68.9 Å². The third-order valence-electron chi connectivity index (χ3n) is 7.44. The van der Waals surface area contributed by atoms with Crippen molar-refractivity contribution in [2.75, 3.05) is 19.4 Å². The molecule has 1 heterocycles. The average molecular weight is 646 g/mol. The molecule has 0 spiro atoms. The number of aliphatic carboxylic acids is 1. The zero-order valence-corrected chi connectivity index (χ0v) is 26.4. The van der Waals surface area contributed by atoms with Crippen LogP contribution in [-0.2, 0) is 4.79 Å². The van der Waals surface area contributed by atoms with Crippen LogP contribution in [0.1, 0.15) is 59.3 Å². The quantitative estimate of drug-likeness (QED) is 0.144. The fourth-order valence-electron chi connectivity index (χ4n) is 5.33. The molecule has 11 heteroatoms. The summed E-state index contributed by atoms with van der Waals surface area (Å²) < 4.78 is 30.0. The van der Waals surface area contributed by atoms with Gasteiger partial charge in [-0.3, -0.25) is 14.4 Å². The first-order valence-corrected chi connectivity index (χ1v) is 15.0. The van der Waals surface area contributed by atoms with Gasteiger partial charge in [-0.2, -0.15) is 0 Å². The van der Waals surface area contributed by atoms with Crippen LogP contribution < -0.4 is 5.32 Å². The number of halogens is 2. The fraction of sp³-hybridized carbons (Fsp3) is 0.250. The monoisotopic (exact) mass is 645 g/mol. The minimum atomic E-state index is -1.30. The Kier molecular flexibility index (Phi) is 11.1.